The first kappa shape index (κ1) is 14.3. The molecule has 2 heteroatoms. The SMILES string of the molecule is CC(C)C(CNC(C)(C)C)N1CC2CCCC2C1. The van der Waals surface area contributed by atoms with E-state index in [0.29, 0.717) is 0 Å². The third-order valence-corrected chi connectivity index (χ3v) is 4.83. The molecule has 1 saturated carbocycles. The van der Waals surface area contributed by atoms with Crippen molar-refractivity contribution in [1.82, 2.24) is 10.2 Å². The normalized spacial score (nSPS) is 31.0. The molecule has 106 valence electrons. The topological polar surface area (TPSA) is 15.3 Å². The maximum atomic E-state index is 3.70. The second kappa shape index (κ2) is 5.50. The van der Waals surface area contributed by atoms with Crippen LogP contribution in [0.15, 0.2) is 0 Å². The van der Waals surface area contributed by atoms with Crippen molar-refractivity contribution in [1.29, 1.82) is 0 Å². The highest BCUT2D eigenvalue weighted by molar-refractivity contribution is 4.93. The lowest BCUT2D eigenvalue weighted by molar-refractivity contribution is 0.164. The van der Waals surface area contributed by atoms with Gasteiger partial charge in [0.1, 0.15) is 0 Å². The molecule has 2 fully saturated rings. The van der Waals surface area contributed by atoms with Crippen molar-refractivity contribution in [2.45, 2.75) is 65.5 Å². The van der Waals surface area contributed by atoms with Crippen LogP contribution in [-0.2, 0) is 0 Å². The lowest BCUT2D eigenvalue weighted by Gasteiger charge is -2.34. The van der Waals surface area contributed by atoms with Crippen LogP contribution in [0.1, 0.15) is 53.9 Å². The van der Waals surface area contributed by atoms with Crippen LogP contribution in [-0.4, -0.2) is 36.1 Å². The summed E-state index contributed by atoms with van der Waals surface area (Å²) in [4.78, 5) is 2.78. The molecule has 0 aromatic rings. The Bertz CT molecular complexity index is 255. The molecule has 3 unspecified atom stereocenters. The van der Waals surface area contributed by atoms with Gasteiger partial charge in [-0.05, 0) is 51.4 Å². The van der Waals surface area contributed by atoms with E-state index < -0.39 is 0 Å². The van der Waals surface area contributed by atoms with Crippen LogP contribution in [0, 0.1) is 17.8 Å². The summed E-state index contributed by atoms with van der Waals surface area (Å²) in [6.45, 7) is 15.4. The van der Waals surface area contributed by atoms with Crippen LogP contribution in [0.4, 0.5) is 0 Å². The van der Waals surface area contributed by atoms with Gasteiger partial charge in [0.15, 0.2) is 0 Å². The molecule has 0 bridgehead atoms. The highest BCUT2D eigenvalue weighted by Crippen LogP contribution is 2.39. The molecule has 18 heavy (non-hydrogen) atoms. The Hall–Kier alpha value is -0.0800. The molecule has 0 aromatic carbocycles. The molecule has 1 aliphatic carbocycles. The van der Waals surface area contributed by atoms with E-state index in [1.807, 2.05) is 0 Å². The molecule has 2 rings (SSSR count). The van der Waals surface area contributed by atoms with Gasteiger partial charge >= 0.3 is 0 Å². The Morgan fingerprint density at radius 1 is 1.11 bits per heavy atom. The maximum absolute atomic E-state index is 3.70. The third-order valence-electron chi connectivity index (χ3n) is 4.83. The fraction of sp³-hybridized carbons (Fsp3) is 1.00. The van der Waals surface area contributed by atoms with Crippen molar-refractivity contribution < 1.29 is 0 Å². The number of hydrogen-bond acceptors (Lipinski definition) is 2. The fourth-order valence-corrected chi connectivity index (χ4v) is 3.74. The van der Waals surface area contributed by atoms with Gasteiger partial charge in [0.05, 0.1) is 0 Å². The monoisotopic (exact) mass is 252 g/mol. The number of nitrogens with zero attached hydrogens (tertiary/aromatic N) is 1. The standard InChI is InChI=1S/C16H32N2/c1-12(2)15(9-17-16(3,4)5)18-10-13-7-6-8-14(13)11-18/h12-15,17H,6-11H2,1-5H3. The maximum Gasteiger partial charge on any atom is 0.0244 e. The molecule has 0 amide bonds. The van der Waals surface area contributed by atoms with Crippen molar-refractivity contribution in [3.8, 4) is 0 Å². The Morgan fingerprint density at radius 2 is 1.67 bits per heavy atom. The number of fused-ring (bicyclic) bond motifs is 1. The van der Waals surface area contributed by atoms with E-state index in [-0.39, 0.29) is 5.54 Å². The van der Waals surface area contributed by atoms with Crippen molar-refractivity contribution in [3.63, 3.8) is 0 Å². The van der Waals surface area contributed by atoms with Gasteiger partial charge in [0.25, 0.3) is 0 Å². The minimum absolute atomic E-state index is 0.239. The van der Waals surface area contributed by atoms with Gasteiger partial charge in [-0.15, -0.1) is 0 Å². The zero-order chi connectivity index (χ0) is 13.3. The van der Waals surface area contributed by atoms with Crippen LogP contribution in [0.25, 0.3) is 0 Å². The van der Waals surface area contributed by atoms with E-state index in [2.05, 4.69) is 44.8 Å². The molecular weight excluding hydrogens is 220 g/mol. The number of hydrogen-bond donors (Lipinski definition) is 1. The first-order chi connectivity index (χ1) is 8.37. The van der Waals surface area contributed by atoms with E-state index in [1.165, 1.54) is 32.4 Å². The first-order valence-corrected chi connectivity index (χ1v) is 7.86. The number of rotatable bonds is 4. The molecule has 1 aliphatic heterocycles. The van der Waals surface area contributed by atoms with Crippen LogP contribution in [0.5, 0.6) is 0 Å². The zero-order valence-corrected chi connectivity index (χ0v) is 13.0. The Morgan fingerprint density at radius 3 is 2.11 bits per heavy atom. The summed E-state index contributed by atoms with van der Waals surface area (Å²) in [6.07, 6.45) is 4.45. The predicted octanol–water partition coefficient (Wildman–Crippen LogP) is 3.13. The van der Waals surface area contributed by atoms with Crippen LogP contribution in [0.3, 0.4) is 0 Å². The van der Waals surface area contributed by atoms with Crippen LogP contribution >= 0.6 is 0 Å². The first-order valence-electron chi connectivity index (χ1n) is 7.86. The van der Waals surface area contributed by atoms with Crippen LogP contribution < -0.4 is 5.32 Å². The summed E-state index contributed by atoms with van der Waals surface area (Å²) in [5, 5.41) is 3.70. The van der Waals surface area contributed by atoms with E-state index in [9.17, 15) is 0 Å². The summed E-state index contributed by atoms with van der Waals surface area (Å²) in [6, 6.07) is 0.717. The summed E-state index contributed by atoms with van der Waals surface area (Å²) in [5.41, 5.74) is 0.239. The molecule has 3 atom stereocenters. The molecule has 1 heterocycles. The van der Waals surface area contributed by atoms with Crippen molar-refractivity contribution in [3.05, 3.63) is 0 Å². The van der Waals surface area contributed by atoms with E-state index >= 15 is 0 Å². The lowest BCUT2D eigenvalue weighted by atomic mass is 10.0. The summed E-state index contributed by atoms with van der Waals surface area (Å²) in [5.74, 6) is 2.78. The minimum Gasteiger partial charge on any atom is -0.311 e. The van der Waals surface area contributed by atoms with Crippen LogP contribution in [0.2, 0.25) is 0 Å². The molecular formula is C16H32N2. The molecule has 0 spiro atoms. The van der Waals surface area contributed by atoms with Gasteiger partial charge < -0.3 is 5.32 Å². The van der Waals surface area contributed by atoms with Crippen molar-refractivity contribution in [2.75, 3.05) is 19.6 Å². The molecule has 1 saturated heterocycles. The summed E-state index contributed by atoms with van der Waals surface area (Å²) >= 11 is 0. The van der Waals surface area contributed by atoms with Gasteiger partial charge in [0.2, 0.25) is 0 Å². The van der Waals surface area contributed by atoms with Gasteiger partial charge in [-0.2, -0.15) is 0 Å². The second-order valence-corrected chi connectivity index (χ2v) is 7.85. The van der Waals surface area contributed by atoms with Gasteiger partial charge in [0, 0.05) is 31.2 Å². The highest BCUT2D eigenvalue weighted by Gasteiger charge is 2.39. The van der Waals surface area contributed by atoms with E-state index in [0.717, 1.165) is 30.3 Å². The summed E-state index contributed by atoms with van der Waals surface area (Å²) < 4.78 is 0. The Kier molecular flexibility index (Phi) is 4.38. The zero-order valence-electron chi connectivity index (χ0n) is 13.0. The molecule has 1 N–H and O–H groups in total. The van der Waals surface area contributed by atoms with Gasteiger partial charge in [-0.1, -0.05) is 20.3 Å². The minimum atomic E-state index is 0.239. The van der Waals surface area contributed by atoms with E-state index in [1.54, 1.807) is 0 Å². The molecule has 0 radical (unpaired) electrons. The average molecular weight is 252 g/mol. The molecule has 2 aliphatic rings. The van der Waals surface area contributed by atoms with Gasteiger partial charge in [-0.25, -0.2) is 0 Å². The summed E-state index contributed by atoms with van der Waals surface area (Å²) in [7, 11) is 0. The highest BCUT2D eigenvalue weighted by atomic mass is 15.2. The van der Waals surface area contributed by atoms with Crippen molar-refractivity contribution in [2.24, 2.45) is 17.8 Å². The fourth-order valence-electron chi connectivity index (χ4n) is 3.74. The van der Waals surface area contributed by atoms with E-state index in [4.69, 9.17) is 0 Å². The average Bonchev–Trinajstić information content (AvgIpc) is 2.75. The molecule has 0 aromatic heterocycles. The number of nitrogens with one attached hydrogen (secondary N) is 1. The smallest absolute Gasteiger partial charge is 0.0244 e. The lowest BCUT2D eigenvalue weighted by Crippen LogP contribution is -2.49. The quantitative estimate of drug-likeness (QED) is 0.827. The van der Waals surface area contributed by atoms with Gasteiger partial charge in [-0.3, -0.25) is 4.90 Å². The molecule has 2 nitrogen and oxygen atoms in total. The van der Waals surface area contributed by atoms with Crippen molar-refractivity contribution >= 4 is 0 Å². The second-order valence-electron chi connectivity index (χ2n) is 7.85. The predicted molar refractivity (Wildman–Crippen MR) is 78.8 cm³/mol. The Balaban J connectivity index is 1.90. The largest absolute Gasteiger partial charge is 0.311 e. The third kappa shape index (κ3) is 3.48. The number of likely N-dealkylation sites (tertiary alicyclic amines) is 1. The Labute approximate surface area is 114 Å².